The Morgan fingerprint density at radius 3 is 2.74 bits per heavy atom. The number of hydrogen-bond donors (Lipinski definition) is 0. The molecule has 0 saturated carbocycles. The van der Waals surface area contributed by atoms with Crippen molar-refractivity contribution in [3.05, 3.63) is 23.8 Å². The van der Waals surface area contributed by atoms with E-state index in [0.29, 0.717) is 30.0 Å². The van der Waals surface area contributed by atoms with Crippen LogP contribution >= 0.6 is 0 Å². The third kappa shape index (κ3) is 2.48. The van der Waals surface area contributed by atoms with Gasteiger partial charge in [0.25, 0.3) is 5.91 Å². The van der Waals surface area contributed by atoms with Gasteiger partial charge in [0, 0.05) is 18.5 Å². The van der Waals surface area contributed by atoms with Gasteiger partial charge in [0.05, 0.1) is 5.69 Å². The van der Waals surface area contributed by atoms with Gasteiger partial charge in [-0.25, -0.2) is 0 Å². The zero-order valence-corrected chi connectivity index (χ0v) is 11.6. The number of carbonyl (C=O) groups excluding carboxylic acids is 2. The second kappa shape index (κ2) is 5.43. The highest BCUT2D eigenvalue weighted by Crippen LogP contribution is 2.35. The summed E-state index contributed by atoms with van der Waals surface area (Å²) >= 11 is 0. The third-order valence-corrected chi connectivity index (χ3v) is 3.28. The predicted octanol–water partition coefficient (Wildman–Crippen LogP) is 2.80. The molecule has 0 fully saturated rings. The first-order valence-corrected chi connectivity index (χ1v) is 6.73. The van der Waals surface area contributed by atoms with Gasteiger partial charge in [0.1, 0.15) is 5.75 Å². The molecule has 1 aromatic rings. The number of anilines is 1. The SMILES string of the molecule is CCCC(=O)c1ccc2c(c1)N(CC)C(=O)C(C)O2. The summed E-state index contributed by atoms with van der Waals surface area (Å²) < 4.78 is 5.57. The largest absolute Gasteiger partial charge is 0.479 e. The van der Waals surface area contributed by atoms with Crippen LogP contribution in [0, 0.1) is 0 Å². The molecule has 1 unspecified atom stereocenters. The van der Waals surface area contributed by atoms with E-state index in [1.165, 1.54) is 0 Å². The van der Waals surface area contributed by atoms with Gasteiger partial charge >= 0.3 is 0 Å². The van der Waals surface area contributed by atoms with Crippen LogP contribution in [-0.4, -0.2) is 24.3 Å². The van der Waals surface area contributed by atoms with Crippen LogP contribution in [0.3, 0.4) is 0 Å². The maximum Gasteiger partial charge on any atom is 0.267 e. The fourth-order valence-corrected chi connectivity index (χ4v) is 2.28. The molecule has 0 aromatic heterocycles. The highest BCUT2D eigenvalue weighted by molar-refractivity contribution is 6.02. The van der Waals surface area contributed by atoms with Crippen LogP contribution in [0.4, 0.5) is 5.69 Å². The molecule has 0 spiro atoms. The molecule has 0 bridgehead atoms. The minimum atomic E-state index is -0.468. The molecule has 0 saturated heterocycles. The number of benzene rings is 1. The van der Waals surface area contributed by atoms with E-state index >= 15 is 0 Å². The van der Waals surface area contributed by atoms with Crippen molar-refractivity contribution in [3.8, 4) is 5.75 Å². The number of fused-ring (bicyclic) bond motifs is 1. The standard InChI is InChI=1S/C15H19NO3/c1-4-6-13(17)11-7-8-14-12(9-11)16(5-2)15(18)10(3)19-14/h7-10H,4-6H2,1-3H3. The quantitative estimate of drug-likeness (QED) is 0.783. The van der Waals surface area contributed by atoms with E-state index in [4.69, 9.17) is 4.74 Å². The summed E-state index contributed by atoms with van der Waals surface area (Å²) in [7, 11) is 0. The summed E-state index contributed by atoms with van der Waals surface area (Å²) in [4.78, 5) is 25.6. The number of Topliss-reactive ketones (excluding diaryl/α,β-unsaturated/α-hetero) is 1. The lowest BCUT2D eigenvalue weighted by Crippen LogP contribution is -2.44. The van der Waals surface area contributed by atoms with Crippen LogP contribution in [0.2, 0.25) is 0 Å². The number of hydrogen-bond acceptors (Lipinski definition) is 3. The van der Waals surface area contributed by atoms with Crippen LogP contribution in [0.15, 0.2) is 18.2 Å². The number of amides is 1. The molecule has 19 heavy (non-hydrogen) atoms. The van der Waals surface area contributed by atoms with Gasteiger partial charge in [-0.2, -0.15) is 0 Å². The van der Waals surface area contributed by atoms with Crippen molar-refractivity contribution >= 4 is 17.4 Å². The molecule has 4 heteroatoms. The molecule has 1 amide bonds. The van der Waals surface area contributed by atoms with Gasteiger partial charge in [0.2, 0.25) is 0 Å². The average Bonchev–Trinajstić information content (AvgIpc) is 2.40. The van der Waals surface area contributed by atoms with E-state index < -0.39 is 6.10 Å². The number of likely N-dealkylation sites (N-methyl/N-ethyl adjacent to an activating group) is 1. The van der Waals surface area contributed by atoms with E-state index in [1.54, 1.807) is 30.0 Å². The number of ether oxygens (including phenoxy) is 1. The first-order valence-electron chi connectivity index (χ1n) is 6.73. The molecule has 1 aliphatic heterocycles. The van der Waals surface area contributed by atoms with Crippen molar-refractivity contribution in [3.63, 3.8) is 0 Å². The highest BCUT2D eigenvalue weighted by atomic mass is 16.5. The number of ketones is 1. The summed E-state index contributed by atoms with van der Waals surface area (Å²) in [6.07, 6.45) is 0.875. The minimum Gasteiger partial charge on any atom is -0.479 e. The monoisotopic (exact) mass is 261 g/mol. The van der Waals surface area contributed by atoms with Gasteiger partial charge < -0.3 is 9.64 Å². The zero-order valence-electron chi connectivity index (χ0n) is 11.6. The Bertz CT molecular complexity index is 510. The molecule has 2 rings (SSSR count). The predicted molar refractivity (Wildman–Crippen MR) is 73.8 cm³/mol. The third-order valence-electron chi connectivity index (χ3n) is 3.28. The van der Waals surface area contributed by atoms with Crippen molar-refractivity contribution in [2.24, 2.45) is 0 Å². The first-order chi connectivity index (χ1) is 9.08. The van der Waals surface area contributed by atoms with Crippen molar-refractivity contribution < 1.29 is 14.3 Å². The molecule has 102 valence electrons. The number of nitrogens with zero attached hydrogens (tertiary/aromatic N) is 1. The van der Waals surface area contributed by atoms with Crippen molar-refractivity contribution in [2.75, 3.05) is 11.4 Å². The Kier molecular flexibility index (Phi) is 3.88. The second-order valence-corrected chi connectivity index (χ2v) is 4.70. The lowest BCUT2D eigenvalue weighted by Gasteiger charge is -2.32. The summed E-state index contributed by atoms with van der Waals surface area (Å²) in [5.41, 5.74) is 1.34. The van der Waals surface area contributed by atoms with Gasteiger partial charge in [-0.05, 0) is 38.5 Å². The Balaban J connectivity index is 2.40. The van der Waals surface area contributed by atoms with Gasteiger partial charge in [-0.15, -0.1) is 0 Å². The zero-order chi connectivity index (χ0) is 14.0. The normalized spacial score (nSPS) is 17.9. The van der Waals surface area contributed by atoms with Crippen LogP contribution < -0.4 is 9.64 Å². The number of rotatable bonds is 4. The molecule has 1 atom stereocenters. The Hall–Kier alpha value is -1.84. The number of carbonyl (C=O) groups is 2. The van der Waals surface area contributed by atoms with E-state index in [2.05, 4.69) is 0 Å². The van der Waals surface area contributed by atoms with Crippen LogP contribution in [-0.2, 0) is 4.79 Å². The summed E-state index contributed by atoms with van der Waals surface area (Å²) in [5.74, 6) is 0.713. The fraction of sp³-hybridized carbons (Fsp3) is 0.467. The summed E-state index contributed by atoms with van der Waals surface area (Å²) in [5, 5.41) is 0. The molecule has 4 nitrogen and oxygen atoms in total. The second-order valence-electron chi connectivity index (χ2n) is 4.70. The topological polar surface area (TPSA) is 46.6 Å². The molecule has 1 aromatic carbocycles. The van der Waals surface area contributed by atoms with Crippen molar-refractivity contribution in [1.29, 1.82) is 0 Å². The van der Waals surface area contributed by atoms with E-state index in [0.717, 1.165) is 6.42 Å². The fourth-order valence-electron chi connectivity index (χ4n) is 2.28. The average molecular weight is 261 g/mol. The van der Waals surface area contributed by atoms with Gasteiger partial charge in [-0.3, -0.25) is 9.59 Å². The lowest BCUT2D eigenvalue weighted by molar-refractivity contribution is -0.125. The van der Waals surface area contributed by atoms with E-state index in [-0.39, 0.29) is 11.7 Å². The van der Waals surface area contributed by atoms with Gasteiger partial charge in [-0.1, -0.05) is 6.92 Å². The Morgan fingerprint density at radius 1 is 1.37 bits per heavy atom. The Labute approximate surface area is 113 Å². The molecule has 0 N–H and O–H groups in total. The smallest absolute Gasteiger partial charge is 0.267 e. The molecule has 1 heterocycles. The highest BCUT2D eigenvalue weighted by Gasteiger charge is 2.30. The van der Waals surface area contributed by atoms with E-state index in [1.807, 2.05) is 13.8 Å². The molecule has 0 radical (unpaired) electrons. The van der Waals surface area contributed by atoms with Crippen molar-refractivity contribution in [1.82, 2.24) is 0 Å². The summed E-state index contributed by atoms with van der Waals surface area (Å²) in [6, 6.07) is 5.32. The summed E-state index contributed by atoms with van der Waals surface area (Å²) in [6.45, 7) is 6.21. The molecular weight excluding hydrogens is 242 g/mol. The minimum absolute atomic E-state index is 0.0601. The molecule has 0 aliphatic carbocycles. The lowest BCUT2D eigenvalue weighted by atomic mass is 10.0. The van der Waals surface area contributed by atoms with Crippen LogP contribution in [0.25, 0.3) is 0 Å². The van der Waals surface area contributed by atoms with Crippen LogP contribution in [0.5, 0.6) is 5.75 Å². The van der Waals surface area contributed by atoms with Crippen molar-refractivity contribution in [2.45, 2.75) is 39.7 Å². The first kappa shape index (κ1) is 13.6. The van der Waals surface area contributed by atoms with Gasteiger partial charge in [0.15, 0.2) is 11.9 Å². The molecule has 1 aliphatic rings. The van der Waals surface area contributed by atoms with Crippen LogP contribution in [0.1, 0.15) is 44.0 Å². The van der Waals surface area contributed by atoms with E-state index in [9.17, 15) is 9.59 Å². The maximum atomic E-state index is 12.0. The Morgan fingerprint density at radius 2 is 2.11 bits per heavy atom. The maximum absolute atomic E-state index is 12.0. The molecular formula is C15H19NO3.